The van der Waals surface area contributed by atoms with Crippen LogP contribution in [0, 0.1) is 11.8 Å². The van der Waals surface area contributed by atoms with Crippen LogP contribution in [-0.2, 0) is 18.7 Å². The molecule has 3 amide bonds. The molecule has 220 valence electrons. The molecule has 3 fully saturated rings. The molecular formula is C30H50N2O6Si. The summed E-state index contributed by atoms with van der Waals surface area (Å²) in [5.74, 6) is -0.0974. The van der Waals surface area contributed by atoms with Crippen LogP contribution in [0.5, 0.6) is 0 Å². The zero-order chi connectivity index (χ0) is 29.3. The van der Waals surface area contributed by atoms with Crippen LogP contribution in [0.3, 0.4) is 0 Å². The van der Waals surface area contributed by atoms with Gasteiger partial charge in [-0.3, -0.25) is 9.69 Å². The van der Waals surface area contributed by atoms with Crippen LogP contribution in [-0.4, -0.2) is 74.2 Å². The molecule has 0 aliphatic carbocycles. The van der Waals surface area contributed by atoms with Gasteiger partial charge in [0, 0.05) is 25.5 Å². The fourth-order valence-corrected chi connectivity index (χ4v) is 12.5. The first-order chi connectivity index (χ1) is 18.1. The Kier molecular flexibility index (Phi) is 9.79. The Hall–Kier alpha value is -2.13. The molecule has 3 atom stereocenters. The molecule has 0 saturated carbocycles. The number of imide groups is 1. The van der Waals surface area contributed by atoms with Gasteiger partial charge in [0.15, 0.2) is 8.32 Å². The normalized spacial score (nSPS) is 25.3. The lowest BCUT2D eigenvalue weighted by atomic mass is 9.88. The van der Waals surface area contributed by atoms with Gasteiger partial charge >= 0.3 is 12.2 Å². The summed E-state index contributed by atoms with van der Waals surface area (Å²) in [6.07, 6.45) is 4.37. The van der Waals surface area contributed by atoms with Crippen LogP contribution in [0.1, 0.15) is 82.1 Å². The Morgan fingerprint density at radius 3 is 2.21 bits per heavy atom. The lowest BCUT2D eigenvalue weighted by Crippen LogP contribution is -2.48. The van der Waals surface area contributed by atoms with E-state index in [1.807, 2.05) is 20.8 Å². The third-order valence-corrected chi connectivity index (χ3v) is 15.1. The predicted molar refractivity (Wildman–Crippen MR) is 155 cm³/mol. The fourth-order valence-electron chi connectivity index (χ4n) is 6.96. The van der Waals surface area contributed by atoms with Crippen molar-refractivity contribution in [3.05, 3.63) is 23.3 Å². The SMILES string of the molecule is CC(/C=C/C[C@@H](C)CO[Si](C(C)C)(C(C)C)C(C)C)=C1/CN2C(=O)OC[C@@H]2[C@H]1CC(=O)N1C(=O)OCC1(C)C. The van der Waals surface area contributed by atoms with E-state index in [0.717, 1.165) is 24.2 Å². The van der Waals surface area contributed by atoms with E-state index in [-0.39, 0.29) is 43.6 Å². The number of carbonyl (C=O) groups is 3. The summed E-state index contributed by atoms with van der Waals surface area (Å²) in [5, 5.41) is 0. The molecule has 0 spiro atoms. The highest BCUT2D eigenvalue weighted by molar-refractivity contribution is 6.77. The van der Waals surface area contributed by atoms with E-state index in [2.05, 4.69) is 60.6 Å². The molecule has 0 aromatic rings. The van der Waals surface area contributed by atoms with Gasteiger partial charge in [-0.1, -0.05) is 66.2 Å². The number of rotatable bonds is 11. The Morgan fingerprint density at radius 2 is 1.67 bits per heavy atom. The molecule has 3 aliphatic rings. The number of hydrogen-bond acceptors (Lipinski definition) is 6. The van der Waals surface area contributed by atoms with Gasteiger partial charge in [0.1, 0.15) is 13.2 Å². The maximum atomic E-state index is 13.3. The van der Waals surface area contributed by atoms with Crippen LogP contribution in [0.4, 0.5) is 9.59 Å². The molecule has 9 heteroatoms. The first kappa shape index (κ1) is 31.4. The van der Waals surface area contributed by atoms with Crippen LogP contribution in [0.2, 0.25) is 16.6 Å². The average Bonchev–Trinajstić information content (AvgIpc) is 3.45. The highest BCUT2D eigenvalue weighted by atomic mass is 28.4. The van der Waals surface area contributed by atoms with E-state index >= 15 is 0 Å². The Bertz CT molecular complexity index is 980. The van der Waals surface area contributed by atoms with Crippen LogP contribution in [0.15, 0.2) is 23.3 Å². The standard InChI is InChI=1S/C30H50N2O6Si/c1-19(2)39(20(3)4,21(5)6)38-16-22(7)12-11-13-23(8)25-15-31-26(17-36-28(31)34)24(25)14-27(33)32-29(35)37-18-30(32,9)10/h11,13,19-22,24,26H,12,14-18H2,1-10H3/b13-11+,25-23+/t22-,24+,26-/m1/s1. The van der Waals surface area contributed by atoms with Gasteiger partial charge in [0.2, 0.25) is 5.91 Å². The first-order valence-corrected chi connectivity index (χ1v) is 16.7. The van der Waals surface area contributed by atoms with Crippen molar-refractivity contribution in [2.45, 2.75) is 110 Å². The highest BCUT2D eigenvalue weighted by Gasteiger charge is 2.50. The van der Waals surface area contributed by atoms with Crippen molar-refractivity contribution in [1.29, 1.82) is 0 Å². The van der Waals surface area contributed by atoms with Crippen LogP contribution in [0.25, 0.3) is 0 Å². The number of allylic oxidation sites excluding steroid dienone is 3. The molecule has 0 unspecified atom stereocenters. The van der Waals surface area contributed by atoms with Crippen molar-refractivity contribution in [1.82, 2.24) is 9.80 Å². The zero-order valence-electron chi connectivity index (χ0n) is 25.7. The lowest BCUT2D eigenvalue weighted by molar-refractivity contribution is -0.131. The van der Waals surface area contributed by atoms with Crippen molar-refractivity contribution in [2.24, 2.45) is 11.8 Å². The van der Waals surface area contributed by atoms with E-state index in [9.17, 15) is 14.4 Å². The molecule has 0 bridgehead atoms. The number of nitrogens with zero attached hydrogens (tertiary/aromatic N) is 2. The summed E-state index contributed by atoms with van der Waals surface area (Å²) in [6, 6.07) is -0.199. The molecule has 8 nitrogen and oxygen atoms in total. The number of amides is 3. The second kappa shape index (κ2) is 12.2. The molecule has 3 heterocycles. The molecule has 0 aromatic heterocycles. The number of ether oxygens (including phenoxy) is 2. The highest BCUT2D eigenvalue weighted by Crippen LogP contribution is 2.43. The van der Waals surface area contributed by atoms with E-state index in [4.69, 9.17) is 13.9 Å². The Morgan fingerprint density at radius 1 is 1.05 bits per heavy atom. The molecule has 0 N–H and O–H groups in total. The predicted octanol–water partition coefficient (Wildman–Crippen LogP) is 6.68. The van der Waals surface area contributed by atoms with Gasteiger partial charge in [-0.25, -0.2) is 14.5 Å². The van der Waals surface area contributed by atoms with E-state index < -0.39 is 19.9 Å². The Balaban J connectivity index is 1.71. The minimum absolute atomic E-state index is 0.132. The Labute approximate surface area is 236 Å². The van der Waals surface area contributed by atoms with Gasteiger partial charge in [-0.05, 0) is 55.3 Å². The minimum atomic E-state index is -1.90. The third-order valence-electron chi connectivity index (χ3n) is 8.98. The third kappa shape index (κ3) is 6.29. The number of cyclic esters (lactones) is 2. The van der Waals surface area contributed by atoms with Gasteiger partial charge < -0.3 is 13.9 Å². The van der Waals surface area contributed by atoms with Crippen LogP contribution < -0.4 is 0 Å². The van der Waals surface area contributed by atoms with Crippen molar-refractivity contribution in [3.63, 3.8) is 0 Å². The topological polar surface area (TPSA) is 85.4 Å². The quantitative estimate of drug-likeness (QED) is 0.261. The van der Waals surface area contributed by atoms with Gasteiger partial charge in [-0.15, -0.1) is 0 Å². The van der Waals surface area contributed by atoms with Gasteiger partial charge in [0.25, 0.3) is 0 Å². The van der Waals surface area contributed by atoms with Crippen LogP contribution >= 0.6 is 0 Å². The summed E-state index contributed by atoms with van der Waals surface area (Å²) in [5.41, 5.74) is 3.10. The molecular weight excluding hydrogens is 512 g/mol. The molecule has 3 rings (SSSR count). The number of carbonyl (C=O) groups excluding carboxylic acids is 3. The lowest BCUT2D eigenvalue weighted by Gasteiger charge is -2.42. The molecule has 3 saturated heterocycles. The summed E-state index contributed by atoms with van der Waals surface area (Å²) in [7, 11) is -1.90. The second-order valence-corrected chi connectivity index (χ2v) is 18.7. The smallest absolute Gasteiger partial charge is 0.417 e. The van der Waals surface area contributed by atoms with Gasteiger partial charge in [0.05, 0.1) is 11.6 Å². The van der Waals surface area contributed by atoms with E-state index in [1.165, 1.54) is 4.90 Å². The average molecular weight is 563 g/mol. The molecule has 3 aliphatic heterocycles. The summed E-state index contributed by atoms with van der Waals surface area (Å²) in [4.78, 5) is 40.9. The van der Waals surface area contributed by atoms with Crippen molar-refractivity contribution < 1.29 is 28.3 Å². The minimum Gasteiger partial charge on any atom is -0.447 e. The van der Waals surface area contributed by atoms with E-state index in [1.54, 1.807) is 4.90 Å². The molecule has 0 aromatic carbocycles. The number of hydrogen-bond donors (Lipinski definition) is 0. The summed E-state index contributed by atoms with van der Waals surface area (Å²) in [6.45, 7) is 23.4. The summed E-state index contributed by atoms with van der Waals surface area (Å²) >= 11 is 0. The van der Waals surface area contributed by atoms with Crippen molar-refractivity contribution in [3.8, 4) is 0 Å². The maximum Gasteiger partial charge on any atom is 0.417 e. The summed E-state index contributed by atoms with van der Waals surface area (Å²) < 4.78 is 17.2. The molecule has 39 heavy (non-hydrogen) atoms. The van der Waals surface area contributed by atoms with Crippen molar-refractivity contribution in [2.75, 3.05) is 26.4 Å². The van der Waals surface area contributed by atoms with E-state index in [0.29, 0.717) is 29.1 Å². The fraction of sp³-hybridized carbons (Fsp3) is 0.767. The number of fused-ring (bicyclic) bond motifs is 1. The first-order valence-electron chi connectivity index (χ1n) is 14.6. The largest absolute Gasteiger partial charge is 0.447 e. The van der Waals surface area contributed by atoms with Gasteiger partial charge in [-0.2, -0.15) is 0 Å². The maximum absolute atomic E-state index is 13.3. The van der Waals surface area contributed by atoms with Crippen molar-refractivity contribution >= 4 is 26.4 Å². The zero-order valence-corrected chi connectivity index (χ0v) is 26.7. The monoisotopic (exact) mass is 562 g/mol. The second-order valence-electron chi connectivity index (χ2n) is 13.3. The molecule has 0 radical (unpaired) electrons.